The summed E-state index contributed by atoms with van der Waals surface area (Å²) in [4.78, 5) is 26.3. The molecule has 7 heteroatoms. The molecular weight excluding hydrogens is 406 g/mol. The van der Waals surface area contributed by atoms with E-state index in [4.69, 9.17) is 9.47 Å². The highest BCUT2D eigenvalue weighted by molar-refractivity contribution is 5.68. The van der Waals surface area contributed by atoms with Gasteiger partial charge in [-0.1, -0.05) is 24.3 Å². The summed E-state index contributed by atoms with van der Waals surface area (Å²) in [6, 6.07) is 8.30. The van der Waals surface area contributed by atoms with Crippen LogP contribution >= 0.6 is 0 Å². The van der Waals surface area contributed by atoms with Crippen LogP contribution in [-0.4, -0.2) is 47.4 Å². The summed E-state index contributed by atoms with van der Waals surface area (Å²) in [6.07, 6.45) is 1.41. The molecule has 2 amide bonds. The van der Waals surface area contributed by atoms with Gasteiger partial charge in [0.05, 0.1) is 0 Å². The summed E-state index contributed by atoms with van der Waals surface area (Å²) in [7, 11) is 0. The van der Waals surface area contributed by atoms with Gasteiger partial charge in [0.2, 0.25) is 0 Å². The molecule has 180 valence electrons. The van der Waals surface area contributed by atoms with Crippen LogP contribution in [0.15, 0.2) is 24.3 Å². The first-order valence-corrected chi connectivity index (χ1v) is 11.6. The van der Waals surface area contributed by atoms with Gasteiger partial charge in [0, 0.05) is 32.2 Å². The molecule has 0 spiro atoms. The Morgan fingerprint density at radius 1 is 1.03 bits per heavy atom. The fraction of sp³-hybridized carbons (Fsp3) is 0.680. The smallest absolute Gasteiger partial charge is 0.410 e. The monoisotopic (exact) mass is 447 g/mol. The number of nitrogens with zero attached hydrogens (tertiary/aromatic N) is 1. The molecule has 7 nitrogen and oxygen atoms in total. The summed E-state index contributed by atoms with van der Waals surface area (Å²) < 4.78 is 10.9. The summed E-state index contributed by atoms with van der Waals surface area (Å²) in [5.41, 5.74) is 1.19. The van der Waals surface area contributed by atoms with Gasteiger partial charge in [-0.15, -0.1) is 0 Å². The number of carbonyl (C=O) groups is 2. The molecule has 0 saturated carbocycles. The largest absolute Gasteiger partial charge is 0.444 e. The SMILES string of the molecule is CC(NCc1ccccc1CNC(=O)OC(C)(C)C)C1CCCN(C(=O)OC(C)(C)C)C1. The average molecular weight is 448 g/mol. The van der Waals surface area contributed by atoms with Gasteiger partial charge in [-0.25, -0.2) is 9.59 Å². The second-order valence-corrected chi connectivity index (χ2v) is 10.6. The van der Waals surface area contributed by atoms with Crippen LogP contribution in [0.4, 0.5) is 9.59 Å². The van der Waals surface area contributed by atoms with Gasteiger partial charge in [0.25, 0.3) is 0 Å². The summed E-state index contributed by atoms with van der Waals surface area (Å²) in [5, 5.41) is 6.46. The summed E-state index contributed by atoms with van der Waals surface area (Å²) in [5.74, 6) is 0.364. The minimum atomic E-state index is -0.520. The standard InChI is InChI=1S/C25H41N3O4/c1-18(21-13-10-14-28(17-21)23(30)32-25(5,6)7)26-15-19-11-8-9-12-20(19)16-27-22(29)31-24(2,3)4/h8-9,11-12,18,21,26H,10,13-17H2,1-7H3,(H,27,29). The number of alkyl carbamates (subject to hydrolysis) is 1. The molecule has 2 atom stereocenters. The molecule has 0 bridgehead atoms. The molecule has 1 saturated heterocycles. The van der Waals surface area contributed by atoms with Crippen LogP contribution < -0.4 is 10.6 Å². The Morgan fingerprint density at radius 3 is 2.22 bits per heavy atom. The van der Waals surface area contributed by atoms with Crippen LogP contribution in [0.3, 0.4) is 0 Å². The fourth-order valence-corrected chi connectivity index (χ4v) is 3.73. The highest BCUT2D eigenvalue weighted by Gasteiger charge is 2.30. The molecule has 2 unspecified atom stereocenters. The van der Waals surface area contributed by atoms with Crippen LogP contribution in [0.25, 0.3) is 0 Å². The van der Waals surface area contributed by atoms with Crippen molar-refractivity contribution in [2.75, 3.05) is 13.1 Å². The van der Waals surface area contributed by atoms with Crippen molar-refractivity contribution in [2.45, 2.75) is 91.6 Å². The van der Waals surface area contributed by atoms with Crippen molar-refractivity contribution in [3.05, 3.63) is 35.4 Å². The molecule has 1 aromatic carbocycles. The lowest BCUT2D eigenvalue weighted by Crippen LogP contribution is -2.47. The third-order valence-corrected chi connectivity index (χ3v) is 5.37. The molecule has 0 radical (unpaired) electrons. The number of hydrogen-bond acceptors (Lipinski definition) is 5. The number of amides is 2. The van der Waals surface area contributed by atoms with Crippen molar-refractivity contribution in [1.82, 2.24) is 15.5 Å². The number of benzene rings is 1. The molecule has 32 heavy (non-hydrogen) atoms. The minimum absolute atomic E-state index is 0.229. The number of piperidine rings is 1. The van der Waals surface area contributed by atoms with Crippen LogP contribution in [0.5, 0.6) is 0 Å². The Balaban J connectivity index is 1.89. The van der Waals surface area contributed by atoms with Gasteiger partial charge in [0.1, 0.15) is 11.2 Å². The van der Waals surface area contributed by atoms with Crippen molar-refractivity contribution in [2.24, 2.45) is 5.92 Å². The fourth-order valence-electron chi connectivity index (χ4n) is 3.73. The first-order chi connectivity index (χ1) is 14.8. The van der Waals surface area contributed by atoms with Crippen LogP contribution in [-0.2, 0) is 22.6 Å². The zero-order chi connectivity index (χ0) is 23.9. The van der Waals surface area contributed by atoms with Crippen LogP contribution in [0, 0.1) is 5.92 Å². The van der Waals surface area contributed by atoms with Gasteiger partial charge in [-0.2, -0.15) is 0 Å². The Bertz CT molecular complexity index is 767. The maximum absolute atomic E-state index is 12.5. The number of nitrogens with one attached hydrogen (secondary N) is 2. The zero-order valence-electron chi connectivity index (χ0n) is 20.8. The zero-order valence-corrected chi connectivity index (χ0v) is 20.8. The maximum atomic E-state index is 12.5. The number of rotatable bonds is 6. The Hall–Kier alpha value is -2.28. The lowest BCUT2D eigenvalue weighted by Gasteiger charge is -2.37. The van der Waals surface area contributed by atoms with Gasteiger partial charge >= 0.3 is 12.2 Å². The molecule has 1 aliphatic rings. The van der Waals surface area contributed by atoms with Crippen molar-refractivity contribution < 1.29 is 19.1 Å². The van der Waals surface area contributed by atoms with Crippen molar-refractivity contribution in [1.29, 1.82) is 0 Å². The average Bonchev–Trinajstić information content (AvgIpc) is 2.68. The number of likely N-dealkylation sites (tertiary alicyclic amines) is 1. The molecule has 1 aromatic rings. The summed E-state index contributed by atoms with van der Waals surface area (Å²) in [6.45, 7) is 16.0. The van der Waals surface area contributed by atoms with Gasteiger partial charge in [0.15, 0.2) is 0 Å². The first-order valence-electron chi connectivity index (χ1n) is 11.6. The Labute approximate surface area is 193 Å². The summed E-state index contributed by atoms with van der Waals surface area (Å²) >= 11 is 0. The lowest BCUT2D eigenvalue weighted by molar-refractivity contribution is 0.0148. The molecule has 0 aromatic heterocycles. The maximum Gasteiger partial charge on any atom is 0.410 e. The lowest BCUT2D eigenvalue weighted by atomic mass is 9.91. The highest BCUT2D eigenvalue weighted by atomic mass is 16.6. The van der Waals surface area contributed by atoms with E-state index in [0.29, 0.717) is 25.6 Å². The topological polar surface area (TPSA) is 79.9 Å². The number of carbonyl (C=O) groups excluding carboxylic acids is 2. The van der Waals surface area contributed by atoms with E-state index >= 15 is 0 Å². The van der Waals surface area contributed by atoms with E-state index in [1.165, 1.54) is 0 Å². The predicted molar refractivity (Wildman–Crippen MR) is 126 cm³/mol. The van der Waals surface area contributed by atoms with E-state index in [1.54, 1.807) is 0 Å². The van der Waals surface area contributed by atoms with Crippen LogP contribution in [0.2, 0.25) is 0 Å². The number of hydrogen-bond donors (Lipinski definition) is 2. The molecule has 2 N–H and O–H groups in total. The Morgan fingerprint density at radius 2 is 1.62 bits per heavy atom. The quantitative estimate of drug-likeness (QED) is 0.652. The highest BCUT2D eigenvalue weighted by Crippen LogP contribution is 2.22. The van der Waals surface area contributed by atoms with Gasteiger partial charge in [-0.3, -0.25) is 0 Å². The molecule has 2 rings (SSSR count). The van der Waals surface area contributed by atoms with Gasteiger partial charge < -0.3 is 25.0 Å². The van der Waals surface area contributed by atoms with E-state index in [2.05, 4.69) is 23.6 Å². The van der Waals surface area contributed by atoms with Crippen molar-refractivity contribution in [3.8, 4) is 0 Å². The molecule has 1 aliphatic heterocycles. The van der Waals surface area contributed by atoms with E-state index in [1.807, 2.05) is 64.6 Å². The van der Waals surface area contributed by atoms with E-state index in [0.717, 1.165) is 30.5 Å². The molecule has 0 aliphatic carbocycles. The molecule has 1 heterocycles. The Kier molecular flexibility index (Phi) is 8.96. The second-order valence-electron chi connectivity index (χ2n) is 10.6. The van der Waals surface area contributed by atoms with Gasteiger partial charge in [-0.05, 0) is 78.4 Å². The van der Waals surface area contributed by atoms with E-state index in [-0.39, 0.29) is 12.1 Å². The van der Waals surface area contributed by atoms with Crippen molar-refractivity contribution >= 4 is 12.2 Å². The normalized spacial score (nSPS) is 18.1. The molecule has 1 fully saturated rings. The number of ether oxygens (including phenoxy) is 2. The predicted octanol–water partition coefficient (Wildman–Crippen LogP) is 4.84. The van der Waals surface area contributed by atoms with E-state index < -0.39 is 17.3 Å². The minimum Gasteiger partial charge on any atom is -0.444 e. The van der Waals surface area contributed by atoms with E-state index in [9.17, 15) is 9.59 Å². The third kappa shape index (κ3) is 9.07. The third-order valence-electron chi connectivity index (χ3n) is 5.37. The van der Waals surface area contributed by atoms with Crippen LogP contribution in [0.1, 0.15) is 72.4 Å². The van der Waals surface area contributed by atoms with Crippen molar-refractivity contribution in [3.63, 3.8) is 0 Å². The molecular formula is C25H41N3O4. The first kappa shape index (κ1) is 26.0. The second kappa shape index (κ2) is 11.0.